The summed E-state index contributed by atoms with van der Waals surface area (Å²) >= 11 is 1.77. The first-order chi connectivity index (χ1) is 9.60. The van der Waals surface area contributed by atoms with Gasteiger partial charge in [0.1, 0.15) is 0 Å². The summed E-state index contributed by atoms with van der Waals surface area (Å²) in [5, 5.41) is 0. The Labute approximate surface area is 126 Å². The van der Waals surface area contributed by atoms with E-state index in [1.54, 1.807) is 11.8 Å². The zero-order chi connectivity index (χ0) is 15.0. The molecule has 0 radical (unpaired) electrons. The molecule has 2 unspecified atom stereocenters. The van der Waals surface area contributed by atoms with Crippen molar-refractivity contribution >= 4 is 17.7 Å². The quantitative estimate of drug-likeness (QED) is 0.801. The van der Waals surface area contributed by atoms with Gasteiger partial charge in [-0.05, 0) is 31.1 Å². The van der Waals surface area contributed by atoms with Crippen molar-refractivity contribution in [2.24, 2.45) is 5.73 Å². The van der Waals surface area contributed by atoms with E-state index in [4.69, 9.17) is 5.73 Å². The normalized spacial score (nSPS) is 13.8. The molecule has 1 rings (SSSR count). The van der Waals surface area contributed by atoms with Crippen LogP contribution in [0.2, 0.25) is 0 Å². The van der Waals surface area contributed by atoms with Gasteiger partial charge in [0.15, 0.2) is 0 Å². The molecular weight excluding hydrogens is 268 g/mol. The van der Waals surface area contributed by atoms with Crippen molar-refractivity contribution < 1.29 is 4.79 Å². The molecule has 0 aliphatic rings. The molecule has 0 saturated carbocycles. The van der Waals surface area contributed by atoms with Crippen molar-refractivity contribution in [2.75, 3.05) is 19.1 Å². The van der Waals surface area contributed by atoms with Gasteiger partial charge in [-0.15, -0.1) is 0 Å². The number of amides is 1. The number of carbonyl (C=O) groups is 1. The predicted molar refractivity (Wildman–Crippen MR) is 88.0 cm³/mol. The lowest BCUT2D eigenvalue weighted by atomic mass is 10.0. The summed E-state index contributed by atoms with van der Waals surface area (Å²) in [6.07, 6.45) is 4.58. The van der Waals surface area contributed by atoms with Crippen LogP contribution in [0.15, 0.2) is 30.3 Å². The molecule has 1 amide bonds. The van der Waals surface area contributed by atoms with Crippen molar-refractivity contribution in [2.45, 2.75) is 38.3 Å². The maximum atomic E-state index is 12.3. The fourth-order valence-corrected chi connectivity index (χ4v) is 3.07. The third kappa shape index (κ3) is 5.17. The van der Waals surface area contributed by atoms with E-state index in [1.807, 2.05) is 30.1 Å². The lowest BCUT2D eigenvalue weighted by Gasteiger charge is -2.29. The monoisotopic (exact) mass is 294 g/mol. The fraction of sp³-hybridized carbons (Fsp3) is 0.562. The van der Waals surface area contributed by atoms with Crippen molar-refractivity contribution in [1.82, 2.24) is 4.90 Å². The Morgan fingerprint density at radius 3 is 2.55 bits per heavy atom. The number of likely N-dealkylation sites (N-methyl/N-ethyl adjacent to an activating group) is 1. The molecule has 0 saturated heterocycles. The molecule has 112 valence electrons. The van der Waals surface area contributed by atoms with E-state index in [1.165, 1.54) is 5.56 Å². The van der Waals surface area contributed by atoms with Gasteiger partial charge < -0.3 is 10.6 Å². The van der Waals surface area contributed by atoms with Crippen LogP contribution >= 0.6 is 11.8 Å². The summed E-state index contributed by atoms with van der Waals surface area (Å²) in [7, 11) is 1.87. The van der Waals surface area contributed by atoms with Crippen molar-refractivity contribution in [3.8, 4) is 0 Å². The molecule has 0 aromatic heterocycles. The van der Waals surface area contributed by atoms with Gasteiger partial charge in [-0.1, -0.05) is 37.3 Å². The Morgan fingerprint density at radius 1 is 1.35 bits per heavy atom. The number of benzene rings is 1. The highest BCUT2D eigenvalue weighted by Crippen LogP contribution is 2.11. The van der Waals surface area contributed by atoms with Crippen LogP contribution in [0.1, 0.15) is 25.3 Å². The van der Waals surface area contributed by atoms with Crippen LogP contribution in [-0.2, 0) is 11.2 Å². The smallest absolute Gasteiger partial charge is 0.239 e. The van der Waals surface area contributed by atoms with E-state index in [0.717, 1.165) is 18.6 Å². The minimum absolute atomic E-state index is 0.0573. The molecule has 2 N–H and O–H groups in total. The molecule has 0 heterocycles. The molecule has 0 fully saturated rings. The maximum absolute atomic E-state index is 12.3. The van der Waals surface area contributed by atoms with E-state index in [2.05, 4.69) is 25.3 Å². The van der Waals surface area contributed by atoms with Crippen molar-refractivity contribution in [3.63, 3.8) is 0 Å². The number of aryl methyl sites for hydroxylation is 1. The third-order valence-electron chi connectivity index (χ3n) is 3.63. The zero-order valence-electron chi connectivity index (χ0n) is 12.7. The summed E-state index contributed by atoms with van der Waals surface area (Å²) in [5.74, 6) is 1.02. The molecule has 2 atom stereocenters. The molecule has 0 bridgehead atoms. The summed E-state index contributed by atoms with van der Waals surface area (Å²) in [5.41, 5.74) is 7.29. The number of thioether (sulfide) groups is 1. The molecule has 4 heteroatoms. The van der Waals surface area contributed by atoms with Crippen LogP contribution in [0.3, 0.4) is 0 Å². The SMILES string of the molecule is CCC(CSC)N(C)C(=O)C(N)CCc1ccccc1. The highest BCUT2D eigenvalue weighted by Gasteiger charge is 2.23. The third-order valence-corrected chi connectivity index (χ3v) is 4.35. The van der Waals surface area contributed by atoms with E-state index >= 15 is 0 Å². The first-order valence-electron chi connectivity index (χ1n) is 7.15. The molecular formula is C16H26N2OS. The number of nitrogens with zero attached hydrogens (tertiary/aromatic N) is 1. The van der Waals surface area contributed by atoms with Crippen LogP contribution < -0.4 is 5.73 Å². The predicted octanol–water partition coefficient (Wildman–Crippen LogP) is 2.55. The van der Waals surface area contributed by atoms with Gasteiger partial charge in [0.2, 0.25) is 5.91 Å². The lowest BCUT2D eigenvalue weighted by Crippen LogP contribution is -2.47. The van der Waals surface area contributed by atoms with Gasteiger partial charge in [0.05, 0.1) is 6.04 Å². The summed E-state index contributed by atoms with van der Waals surface area (Å²) < 4.78 is 0. The summed E-state index contributed by atoms with van der Waals surface area (Å²) in [4.78, 5) is 14.2. The first kappa shape index (κ1) is 17.1. The summed E-state index contributed by atoms with van der Waals surface area (Å²) in [6, 6.07) is 10.0. The molecule has 0 spiro atoms. The summed E-state index contributed by atoms with van der Waals surface area (Å²) in [6.45, 7) is 2.11. The van der Waals surface area contributed by atoms with Crippen LogP contribution in [0.5, 0.6) is 0 Å². The zero-order valence-corrected chi connectivity index (χ0v) is 13.5. The largest absolute Gasteiger partial charge is 0.341 e. The van der Waals surface area contributed by atoms with Gasteiger partial charge in [-0.3, -0.25) is 4.79 Å². The standard InChI is InChI=1S/C16H26N2OS/c1-4-14(12-20-3)18(2)16(19)15(17)11-10-13-8-6-5-7-9-13/h5-9,14-15H,4,10-12,17H2,1-3H3. The molecule has 0 aliphatic heterocycles. The van der Waals surface area contributed by atoms with E-state index in [-0.39, 0.29) is 11.9 Å². The Kier molecular flexibility index (Phi) is 7.70. The minimum Gasteiger partial charge on any atom is -0.341 e. The highest BCUT2D eigenvalue weighted by molar-refractivity contribution is 7.98. The second kappa shape index (κ2) is 9.03. The van der Waals surface area contributed by atoms with Crippen LogP contribution in [0.25, 0.3) is 0 Å². The lowest BCUT2D eigenvalue weighted by molar-refractivity contribution is -0.133. The van der Waals surface area contributed by atoms with Crippen LogP contribution in [0, 0.1) is 0 Å². The van der Waals surface area contributed by atoms with Gasteiger partial charge in [0.25, 0.3) is 0 Å². The fourth-order valence-electron chi connectivity index (χ4n) is 2.23. The van der Waals surface area contributed by atoms with Gasteiger partial charge in [-0.2, -0.15) is 11.8 Å². The molecule has 1 aromatic carbocycles. The Bertz CT molecular complexity index is 397. The van der Waals surface area contributed by atoms with Gasteiger partial charge in [-0.25, -0.2) is 0 Å². The van der Waals surface area contributed by atoms with Crippen molar-refractivity contribution in [1.29, 1.82) is 0 Å². The number of rotatable bonds is 8. The minimum atomic E-state index is -0.406. The second-order valence-corrected chi connectivity index (χ2v) is 6.01. The average molecular weight is 294 g/mol. The van der Waals surface area contributed by atoms with Crippen molar-refractivity contribution in [3.05, 3.63) is 35.9 Å². The number of hydrogen-bond donors (Lipinski definition) is 1. The Balaban J connectivity index is 2.49. The van der Waals surface area contributed by atoms with E-state index in [9.17, 15) is 4.79 Å². The van der Waals surface area contributed by atoms with Crippen LogP contribution in [-0.4, -0.2) is 41.9 Å². The Morgan fingerprint density at radius 2 is 2.00 bits per heavy atom. The maximum Gasteiger partial charge on any atom is 0.239 e. The molecule has 1 aromatic rings. The number of carbonyl (C=O) groups excluding carboxylic acids is 1. The first-order valence-corrected chi connectivity index (χ1v) is 8.54. The number of hydrogen-bond acceptors (Lipinski definition) is 3. The number of nitrogens with two attached hydrogens (primary N) is 1. The average Bonchev–Trinajstić information content (AvgIpc) is 2.49. The van der Waals surface area contributed by atoms with Crippen LogP contribution in [0.4, 0.5) is 0 Å². The van der Waals surface area contributed by atoms with Gasteiger partial charge >= 0.3 is 0 Å². The van der Waals surface area contributed by atoms with E-state index in [0.29, 0.717) is 6.42 Å². The molecule has 3 nitrogen and oxygen atoms in total. The van der Waals surface area contributed by atoms with Gasteiger partial charge in [0, 0.05) is 18.8 Å². The highest BCUT2D eigenvalue weighted by atomic mass is 32.2. The second-order valence-electron chi connectivity index (χ2n) is 5.10. The Hall–Kier alpha value is -1.00. The molecule has 0 aliphatic carbocycles. The molecule has 20 heavy (non-hydrogen) atoms. The topological polar surface area (TPSA) is 46.3 Å². The van der Waals surface area contributed by atoms with E-state index < -0.39 is 6.04 Å².